The monoisotopic (exact) mass is 348 g/mol. The van der Waals surface area contributed by atoms with Crippen molar-refractivity contribution in [3.05, 3.63) is 23.8 Å². The molecule has 1 rings (SSSR count). The molecule has 2 nitrogen and oxygen atoms in total. The molecule has 0 spiro atoms. The lowest BCUT2D eigenvalue weighted by Gasteiger charge is -2.28. The van der Waals surface area contributed by atoms with E-state index >= 15 is 0 Å². The van der Waals surface area contributed by atoms with Crippen LogP contribution in [0, 0.1) is 0 Å². The van der Waals surface area contributed by atoms with Crippen LogP contribution in [0.5, 0.6) is 0 Å². The van der Waals surface area contributed by atoms with E-state index in [9.17, 15) is 9.90 Å². The van der Waals surface area contributed by atoms with Gasteiger partial charge < -0.3 is 5.11 Å². The predicted molar refractivity (Wildman–Crippen MR) is 105 cm³/mol. The van der Waals surface area contributed by atoms with Crippen molar-refractivity contribution < 1.29 is 9.90 Å². The summed E-state index contributed by atoms with van der Waals surface area (Å²) in [6.45, 7) is 18.2. The van der Waals surface area contributed by atoms with Crippen molar-refractivity contribution in [2.75, 3.05) is 0 Å². The van der Waals surface area contributed by atoms with Gasteiger partial charge in [-0.15, -0.1) is 0 Å². The first-order chi connectivity index (χ1) is 10.6. The van der Waals surface area contributed by atoms with Gasteiger partial charge in [0.25, 0.3) is 0 Å². The van der Waals surface area contributed by atoms with E-state index in [0.29, 0.717) is 27.7 Å². The maximum atomic E-state index is 11.7. The van der Waals surface area contributed by atoms with Gasteiger partial charge in [-0.05, 0) is 34.3 Å². The number of carboxylic acid groups (broad SMARTS) is 1. The lowest BCUT2D eigenvalue weighted by atomic mass is 10.2. The molecule has 0 saturated carbocycles. The van der Waals surface area contributed by atoms with E-state index < -0.39 is 23.6 Å². The smallest absolute Gasteiger partial charge is 0.335 e. The zero-order valence-corrected chi connectivity index (χ0v) is 17.9. The molecule has 4 heteroatoms. The van der Waals surface area contributed by atoms with Crippen LogP contribution in [0.1, 0.15) is 65.7 Å². The quantitative estimate of drug-likeness (QED) is 0.740. The highest BCUT2D eigenvalue weighted by Gasteiger charge is 2.27. The van der Waals surface area contributed by atoms with Gasteiger partial charge in [0.1, 0.15) is 0 Å². The number of rotatable bonds is 7. The fourth-order valence-corrected chi connectivity index (χ4v) is 10.5. The first-order valence-corrected chi connectivity index (χ1v) is 12.0. The number of hydrogen-bond acceptors (Lipinski definition) is 1. The third-order valence-corrected chi connectivity index (χ3v) is 11.2. The summed E-state index contributed by atoms with van der Waals surface area (Å²) in [6, 6.07) is 6.25. The van der Waals surface area contributed by atoms with Crippen LogP contribution in [-0.2, 0) is 0 Å². The zero-order valence-electron chi connectivity index (χ0n) is 15.9. The van der Waals surface area contributed by atoms with Crippen molar-refractivity contribution >= 4 is 33.9 Å². The summed E-state index contributed by atoms with van der Waals surface area (Å²) in [5, 5.41) is 12.2. The minimum atomic E-state index is -0.796. The van der Waals surface area contributed by atoms with Gasteiger partial charge in [0.05, 0.1) is 23.2 Å². The van der Waals surface area contributed by atoms with Gasteiger partial charge in [-0.2, -0.15) is 0 Å². The molecule has 2 radical (unpaired) electrons. The molecule has 0 atom stereocenters. The molecule has 0 aliphatic carbocycles. The fourth-order valence-electron chi connectivity index (χ4n) is 3.75. The molecule has 1 aromatic rings. The maximum Gasteiger partial charge on any atom is 0.335 e. The van der Waals surface area contributed by atoms with E-state index in [1.54, 1.807) is 0 Å². The second kappa shape index (κ2) is 8.29. The van der Waals surface area contributed by atoms with Gasteiger partial charge in [-0.1, -0.05) is 71.8 Å². The molecule has 1 aromatic carbocycles. The molecule has 0 aliphatic rings. The van der Waals surface area contributed by atoms with Gasteiger partial charge in [0.2, 0.25) is 0 Å². The summed E-state index contributed by atoms with van der Waals surface area (Å²) in [5.74, 6) is -0.796. The number of carboxylic acids is 1. The van der Waals surface area contributed by atoms with Crippen molar-refractivity contribution in [3.63, 3.8) is 0 Å². The molecular weight excluding hydrogens is 316 g/mol. The van der Waals surface area contributed by atoms with Crippen LogP contribution in [0.3, 0.4) is 0 Å². The second-order valence-corrected chi connectivity index (χ2v) is 15.2. The van der Waals surface area contributed by atoms with Gasteiger partial charge in [-0.25, -0.2) is 4.79 Å². The highest BCUT2D eigenvalue weighted by molar-refractivity contribution is 6.79. The Labute approximate surface area is 145 Å². The Morgan fingerprint density at radius 2 is 1.04 bits per heavy atom. The van der Waals surface area contributed by atoms with Crippen molar-refractivity contribution in [2.24, 2.45) is 0 Å². The van der Waals surface area contributed by atoms with E-state index in [1.165, 1.54) is 10.4 Å². The lowest BCUT2D eigenvalue weighted by Crippen LogP contribution is -2.43. The SMILES string of the molecule is CC(C)[Si](c1cc(C(=O)O)cc([Si](C(C)C)C(C)C)c1)C(C)C. The van der Waals surface area contributed by atoms with E-state index in [0.717, 1.165) is 0 Å². The van der Waals surface area contributed by atoms with Gasteiger partial charge >= 0.3 is 5.97 Å². The number of aromatic carboxylic acids is 1. The molecule has 23 heavy (non-hydrogen) atoms. The molecule has 0 fully saturated rings. The molecular formula is C19H32O2Si2. The molecule has 0 aromatic heterocycles. The van der Waals surface area contributed by atoms with Crippen LogP contribution in [0.15, 0.2) is 18.2 Å². The van der Waals surface area contributed by atoms with E-state index in [-0.39, 0.29) is 0 Å². The Hall–Kier alpha value is -0.876. The largest absolute Gasteiger partial charge is 0.478 e. The Bertz CT molecular complexity index is 482. The summed E-state index contributed by atoms with van der Waals surface area (Å²) in [6.07, 6.45) is 0. The molecule has 1 N–H and O–H groups in total. The first kappa shape index (κ1) is 20.2. The standard InChI is InChI=1S/C19H32O2Si2/c1-12(2)22(13(3)4)17-9-16(19(20)21)10-18(11-17)23(14(5)6)15(7)8/h9-15H,1-8H3,(H,20,21). The van der Waals surface area contributed by atoms with Gasteiger partial charge in [0.15, 0.2) is 0 Å². The van der Waals surface area contributed by atoms with Crippen molar-refractivity contribution in [1.29, 1.82) is 0 Å². The predicted octanol–water partition coefficient (Wildman–Crippen LogP) is 4.43. The topological polar surface area (TPSA) is 37.3 Å². The van der Waals surface area contributed by atoms with E-state index in [1.807, 2.05) is 12.1 Å². The summed E-state index contributed by atoms with van der Waals surface area (Å²) in [7, 11) is -1.53. The molecule has 0 saturated heterocycles. The summed E-state index contributed by atoms with van der Waals surface area (Å²) in [5.41, 5.74) is 2.89. The number of carbonyl (C=O) groups is 1. The molecule has 0 unspecified atom stereocenters. The molecule has 0 bridgehead atoms. The fraction of sp³-hybridized carbons (Fsp3) is 0.632. The summed E-state index contributed by atoms with van der Waals surface area (Å²) in [4.78, 5) is 11.7. The minimum Gasteiger partial charge on any atom is -0.478 e. The molecule has 128 valence electrons. The van der Waals surface area contributed by atoms with Crippen molar-refractivity contribution in [1.82, 2.24) is 0 Å². The highest BCUT2D eigenvalue weighted by Crippen LogP contribution is 2.23. The summed E-state index contributed by atoms with van der Waals surface area (Å²) >= 11 is 0. The van der Waals surface area contributed by atoms with Crippen LogP contribution >= 0.6 is 0 Å². The zero-order chi connectivity index (χ0) is 17.9. The average Bonchev–Trinajstić information content (AvgIpc) is 2.36. The Morgan fingerprint density at radius 1 is 0.739 bits per heavy atom. The van der Waals surface area contributed by atoms with Crippen molar-refractivity contribution in [2.45, 2.75) is 77.6 Å². The molecule has 0 aliphatic heterocycles. The Kier molecular flexibility index (Phi) is 7.27. The average molecular weight is 349 g/mol. The second-order valence-electron chi connectivity index (χ2n) is 7.63. The minimum absolute atomic E-state index is 0.477. The number of hydrogen-bond donors (Lipinski definition) is 1. The third kappa shape index (κ3) is 5.05. The molecule has 0 heterocycles. The number of benzene rings is 1. The van der Waals surface area contributed by atoms with Crippen molar-refractivity contribution in [3.8, 4) is 0 Å². The molecule has 0 amide bonds. The lowest BCUT2D eigenvalue weighted by molar-refractivity contribution is 0.0697. The van der Waals surface area contributed by atoms with E-state index in [2.05, 4.69) is 61.5 Å². The van der Waals surface area contributed by atoms with E-state index in [4.69, 9.17) is 0 Å². The van der Waals surface area contributed by atoms with Gasteiger partial charge in [0, 0.05) is 0 Å². The van der Waals surface area contributed by atoms with Crippen LogP contribution < -0.4 is 10.4 Å². The highest BCUT2D eigenvalue weighted by atomic mass is 28.3. The Balaban J connectivity index is 3.51. The Morgan fingerprint density at radius 3 is 1.26 bits per heavy atom. The maximum absolute atomic E-state index is 11.7. The van der Waals surface area contributed by atoms with Crippen LogP contribution in [0.2, 0.25) is 22.2 Å². The first-order valence-electron chi connectivity index (χ1n) is 8.68. The van der Waals surface area contributed by atoms with Gasteiger partial charge in [-0.3, -0.25) is 0 Å². The van der Waals surface area contributed by atoms with Crippen LogP contribution in [0.4, 0.5) is 0 Å². The normalized spacial score (nSPS) is 12.4. The van der Waals surface area contributed by atoms with Crippen LogP contribution in [-0.4, -0.2) is 28.7 Å². The van der Waals surface area contributed by atoms with Crippen LogP contribution in [0.25, 0.3) is 0 Å². The third-order valence-electron chi connectivity index (χ3n) is 4.33. The summed E-state index contributed by atoms with van der Waals surface area (Å²) < 4.78 is 0.